The number of benzene rings is 1. The maximum atomic E-state index is 12.8. The molecule has 180 valence electrons. The molecular weight excluding hydrogens is 438 g/mol. The minimum Gasteiger partial charge on any atom is -0.480 e. The van der Waals surface area contributed by atoms with Crippen LogP contribution < -0.4 is 5.32 Å². The molecule has 1 aromatic heterocycles. The summed E-state index contributed by atoms with van der Waals surface area (Å²) in [6.07, 6.45) is 7.25. The van der Waals surface area contributed by atoms with Crippen LogP contribution in [0.25, 0.3) is 0 Å². The third-order valence-corrected chi connectivity index (χ3v) is 7.44. The number of nitrogens with zero attached hydrogens (tertiary/aromatic N) is 2. The SMILES string of the molecule is O=C(N[C@@H](Cc1cn(C(=O)OC2C3CC4CC(C3)CC2C4)cn1)C(=O)O)OCc1ccccc1. The number of aromatic nitrogens is 2. The predicted octanol–water partition coefficient (Wildman–Crippen LogP) is 3.61. The molecule has 1 heterocycles. The van der Waals surface area contributed by atoms with E-state index in [1.165, 1.54) is 23.5 Å². The maximum absolute atomic E-state index is 12.8. The molecular formula is C25H29N3O6. The molecule has 1 aromatic carbocycles. The standard InChI is InChI=1S/C25H29N3O6/c29-23(30)21(27-24(31)33-13-15-4-2-1-3-5-15)11-20-12-28(14-26-20)25(32)34-22-18-7-16-6-17(9-18)10-19(22)8-16/h1-5,12,14,16-19,21-22H,6-11,13H2,(H,27,31)(H,29,30)/t16?,17?,18?,19?,21-,22?/m0/s1. The minimum atomic E-state index is -1.24. The summed E-state index contributed by atoms with van der Waals surface area (Å²) in [6.45, 7) is 0.0319. The molecule has 6 rings (SSSR count). The zero-order valence-electron chi connectivity index (χ0n) is 18.8. The number of nitrogens with one attached hydrogen (secondary N) is 1. The molecule has 0 spiro atoms. The molecule has 4 aliphatic rings. The summed E-state index contributed by atoms with van der Waals surface area (Å²) in [5, 5.41) is 11.9. The lowest BCUT2D eigenvalue weighted by molar-refractivity contribution is -0.139. The molecule has 4 aliphatic carbocycles. The Balaban J connectivity index is 1.15. The second kappa shape index (κ2) is 9.48. The van der Waals surface area contributed by atoms with E-state index in [2.05, 4.69) is 10.3 Å². The van der Waals surface area contributed by atoms with E-state index in [0.717, 1.165) is 43.1 Å². The van der Waals surface area contributed by atoms with E-state index >= 15 is 0 Å². The molecule has 9 nitrogen and oxygen atoms in total. The fraction of sp³-hybridized carbons (Fsp3) is 0.520. The quantitative estimate of drug-likeness (QED) is 0.638. The van der Waals surface area contributed by atoms with Gasteiger partial charge in [-0.1, -0.05) is 30.3 Å². The number of carboxylic acid groups (broad SMARTS) is 1. The van der Waals surface area contributed by atoms with Crippen LogP contribution in [0.3, 0.4) is 0 Å². The number of amides is 1. The lowest BCUT2D eigenvalue weighted by atomic mass is 9.55. The average molecular weight is 468 g/mol. The monoisotopic (exact) mass is 467 g/mol. The van der Waals surface area contributed by atoms with E-state index in [4.69, 9.17) is 9.47 Å². The number of hydrogen-bond acceptors (Lipinski definition) is 6. The van der Waals surface area contributed by atoms with E-state index in [-0.39, 0.29) is 19.1 Å². The van der Waals surface area contributed by atoms with Gasteiger partial charge in [0.15, 0.2) is 0 Å². The smallest absolute Gasteiger partial charge is 0.419 e. The second-order valence-electron chi connectivity index (χ2n) is 9.85. The Hall–Kier alpha value is -3.36. The fourth-order valence-corrected chi connectivity index (χ4v) is 6.13. The van der Waals surface area contributed by atoms with E-state index in [0.29, 0.717) is 17.5 Å². The number of ether oxygens (including phenoxy) is 2. The molecule has 0 saturated heterocycles. The van der Waals surface area contributed by atoms with E-state index in [1.807, 2.05) is 18.2 Å². The van der Waals surface area contributed by atoms with Crippen LogP contribution in [0.4, 0.5) is 9.59 Å². The Kier molecular flexibility index (Phi) is 6.26. The molecule has 4 fully saturated rings. The molecule has 4 saturated carbocycles. The lowest BCUT2D eigenvalue weighted by Crippen LogP contribution is -2.50. The third-order valence-electron chi connectivity index (χ3n) is 7.44. The summed E-state index contributed by atoms with van der Waals surface area (Å²) in [5.41, 5.74) is 1.15. The highest BCUT2D eigenvalue weighted by Gasteiger charge is 2.50. The molecule has 2 N–H and O–H groups in total. The van der Waals surface area contributed by atoms with Crippen LogP contribution in [0.1, 0.15) is 43.4 Å². The highest BCUT2D eigenvalue weighted by molar-refractivity contribution is 5.80. The summed E-state index contributed by atoms with van der Waals surface area (Å²) in [6, 6.07) is 7.85. The van der Waals surface area contributed by atoms with Gasteiger partial charge in [0.2, 0.25) is 0 Å². The number of aliphatic carboxylic acids is 1. The molecule has 1 atom stereocenters. The topological polar surface area (TPSA) is 120 Å². The van der Waals surface area contributed by atoms with Crippen molar-refractivity contribution in [2.75, 3.05) is 0 Å². The molecule has 9 heteroatoms. The Bertz CT molecular complexity index is 1020. The number of carbonyl (C=O) groups is 3. The van der Waals surface area contributed by atoms with Crippen molar-refractivity contribution < 1.29 is 29.0 Å². The number of rotatable bonds is 7. The van der Waals surface area contributed by atoms with Gasteiger partial charge in [-0.15, -0.1) is 0 Å². The number of carboxylic acids is 1. The molecule has 4 bridgehead atoms. The molecule has 1 amide bonds. The summed E-state index contributed by atoms with van der Waals surface area (Å²) in [5.74, 6) is 1.26. The zero-order chi connectivity index (χ0) is 23.7. The van der Waals surface area contributed by atoms with Crippen molar-refractivity contribution in [3.63, 3.8) is 0 Å². The largest absolute Gasteiger partial charge is 0.480 e. The summed E-state index contributed by atoms with van der Waals surface area (Å²) >= 11 is 0. The normalized spacial score (nSPS) is 27.7. The summed E-state index contributed by atoms with van der Waals surface area (Å²) in [4.78, 5) is 40.7. The molecule has 0 radical (unpaired) electrons. The van der Waals surface area contributed by atoms with Crippen LogP contribution in [0.2, 0.25) is 0 Å². The van der Waals surface area contributed by atoms with Gasteiger partial charge in [0.05, 0.1) is 5.69 Å². The first-order valence-corrected chi connectivity index (χ1v) is 11.9. The van der Waals surface area contributed by atoms with Gasteiger partial charge in [-0.25, -0.2) is 23.9 Å². The lowest BCUT2D eigenvalue weighted by Gasteiger charge is -2.53. The Morgan fingerprint density at radius 3 is 2.38 bits per heavy atom. The van der Waals surface area contributed by atoms with Gasteiger partial charge in [-0.3, -0.25) is 0 Å². The molecule has 0 unspecified atom stereocenters. The van der Waals surface area contributed by atoms with Gasteiger partial charge in [0, 0.05) is 12.6 Å². The van der Waals surface area contributed by atoms with Crippen LogP contribution in [0.15, 0.2) is 42.9 Å². The van der Waals surface area contributed by atoms with E-state index < -0.39 is 24.2 Å². The van der Waals surface area contributed by atoms with Crippen LogP contribution in [-0.2, 0) is 27.3 Å². The van der Waals surface area contributed by atoms with E-state index in [9.17, 15) is 19.5 Å². The highest BCUT2D eigenvalue weighted by atomic mass is 16.6. The van der Waals surface area contributed by atoms with Gasteiger partial charge in [0.25, 0.3) is 0 Å². The average Bonchev–Trinajstić information content (AvgIpc) is 3.28. The first kappa shape index (κ1) is 22.4. The third kappa shape index (κ3) is 4.93. The Labute approximate surface area is 197 Å². The van der Waals surface area contributed by atoms with Crippen molar-refractivity contribution in [2.45, 2.75) is 57.3 Å². The fourth-order valence-electron chi connectivity index (χ4n) is 6.13. The van der Waals surface area contributed by atoms with Crippen molar-refractivity contribution in [1.29, 1.82) is 0 Å². The predicted molar refractivity (Wildman–Crippen MR) is 120 cm³/mol. The van der Waals surface area contributed by atoms with Crippen LogP contribution in [0.5, 0.6) is 0 Å². The zero-order valence-corrected chi connectivity index (χ0v) is 18.8. The second-order valence-corrected chi connectivity index (χ2v) is 9.85. The number of imidazole rings is 1. The molecule has 34 heavy (non-hydrogen) atoms. The van der Waals surface area contributed by atoms with Crippen LogP contribution in [0, 0.1) is 23.7 Å². The summed E-state index contributed by atoms with van der Waals surface area (Å²) in [7, 11) is 0. The van der Waals surface area contributed by atoms with Gasteiger partial charge in [-0.05, 0) is 61.3 Å². The Morgan fingerprint density at radius 2 is 1.74 bits per heavy atom. The molecule has 0 aliphatic heterocycles. The van der Waals surface area contributed by atoms with Crippen LogP contribution in [-0.4, -0.2) is 45.0 Å². The van der Waals surface area contributed by atoms with Crippen LogP contribution >= 0.6 is 0 Å². The van der Waals surface area contributed by atoms with Crippen molar-refractivity contribution >= 4 is 18.2 Å². The minimum absolute atomic E-state index is 0.0319. The van der Waals surface area contributed by atoms with E-state index in [1.54, 1.807) is 12.1 Å². The number of carbonyl (C=O) groups excluding carboxylic acids is 2. The van der Waals surface area contributed by atoms with Gasteiger partial charge in [-0.2, -0.15) is 0 Å². The maximum Gasteiger partial charge on any atom is 0.419 e. The van der Waals surface area contributed by atoms with Crippen molar-refractivity contribution in [3.05, 3.63) is 54.1 Å². The first-order valence-electron chi connectivity index (χ1n) is 11.9. The number of alkyl carbamates (subject to hydrolysis) is 1. The highest BCUT2D eigenvalue weighted by Crippen LogP contribution is 2.54. The van der Waals surface area contributed by atoms with Gasteiger partial charge in [0.1, 0.15) is 25.1 Å². The van der Waals surface area contributed by atoms with Crippen molar-refractivity contribution in [3.8, 4) is 0 Å². The first-order chi connectivity index (χ1) is 16.4. The van der Waals surface area contributed by atoms with Gasteiger partial charge >= 0.3 is 18.2 Å². The number of hydrogen-bond donors (Lipinski definition) is 2. The molecule has 2 aromatic rings. The van der Waals surface area contributed by atoms with Crippen molar-refractivity contribution in [1.82, 2.24) is 14.9 Å². The summed E-state index contributed by atoms with van der Waals surface area (Å²) < 4.78 is 12.3. The van der Waals surface area contributed by atoms with Gasteiger partial charge < -0.3 is 19.9 Å². The van der Waals surface area contributed by atoms with Crippen molar-refractivity contribution in [2.24, 2.45) is 23.7 Å². The Morgan fingerprint density at radius 1 is 1.06 bits per heavy atom.